The Morgan fingerprint density at radius 3 is 1.48 bits per heavy atom. The third-order valence-corrected chi connectivity index (χ3v) is 8.78. The molecule has 206 valence electrons. The van der Waals surface area contributed by atoms with Gasteiger partial charge in [0.25, 0.3) is 0 Å². The lowest BCUT2D eigenvalue weighted by Crippen LogP contribution is -2.02. The normalized spacial score (nSPS) is 12.1. The monoisotopic (exact) mass is 564 g/mol. The van der Waals surface area contributed by atoms with E-state index in [-0.39, 0.29) is 0 Å². The van der Waals surface area contributed by atoms with Crippen molar-refractivity contribution in [2.45, 2.75) is 0 Å². The van der Waals surface area contributed by atoms with Crippen molar-refractivity contribution in [3.63, 3.8) is 0 Å². The summed E-state index contributed by atoms with van der Waals surface area (Å²) < 4.78 is 9.10. The maximum absolute atomic E-state index is 5.26. The molecule has 6 aromatic carbocycles. The van der Waals surface area contributed by atoms with Gasteiger partial charge in [-0.3, -0.25) is 8.80 Å². The molecule has 0 N–H and O–H groups in total. The summed E-state index contributed by atoms with van der Waals surface area (Å²) in [4.78, 5) is 10.5. The predicted molar refractivity (Wildman–Crippen MR) is 179 cm³/mol. The van der Waals surface area contributed by atoms with Crippen LogP contribution in [-0.4, -0.2) is 27.9 Å². The number of fused-ring (bicyclic) bond motifs is 12. The molecule has 0 amide bonds. The van der Waals surface area contributed by atoms with Gasteiger partial charge in [0.05, 0.1) is 49.8 Å². The van der Waals surface area contributed by atoms with Gasteiger partial charge in [0, 0.05) is 16.5 Å². The van der Waals surface area contributed by atoms with Crippen molar-refractivity contribution in [3.05, 3.63) is 146 Å². The molecular formula is C38H24N6. The number of para-hydroxylation sites is 8. The lowest BCUT2D eigenvalue weighted by molar-refractivity contribution is 1.03. The summed E-state index contributed by atoms with van der Waals surface area (Å²) in [6.45, 7) is 0. The van der Waals surface area contributed by atoms with Gasteiger partial charge >= 0.3 is 0 Å². The summed E-state index contributed by atoms with van der Waals surface area (Å²) in [7, 11) is 0. The van der Waals surface area contributed by atoms with Crippen LogP contribution in [0, 0.1) is 0 Å². The van der Waals surface area contributed by atoms with Gasteiger partial charge in [-0.1, -0.05) is 72.8 Å². The second-order valence-electron chi connectivity index (χ2n) is 11.2. The van der Waals surface area contributed by atoms with E-state index in [1.54, 1.807) is 0 Å². The molecule has 6 heteroatoms. The number of benzene rings is 6. The van der Waals surface area contributed by atoms with Gasteiger partial charge in [0.1, 0.15) is 0 Å². The summed E-state index contributed by atoms with van der Waals surface area (Å²) in [5.41, 5.74) is 10.6. The first-order valence-electron chi connectivity index (χ1n) is 14.8. The van der Waals surface area contributed by atoms with Crippen molar-refractivity contribution in [2.75, 3.05) is 0 Å². The molecule has 6 nitrogen and oxygen atoms in total. The Morgan fingerprint density at radius 1 is 0.341 bits per heavy atom. The van der Waals surface area contributed by atoms with Crippen LogP contribution in [0.25, 0.3) is 77.8 Å². The van der Waals surface area contributed by atoms with Gasteiger partial charge in [-0.05, 0) is 72.8 Å². The van der Waals surface area contributed by atoms with E-state index in [1.807, 2.05) is 12.1 Å². The van der Waals surface area contributed by atoms with Crippen LogP contribution in [0.5, 0.6) is 0 Å². The summed E-state index contributed by atoms with van der Waals surface area (Å²) in [5, 5.41) is 2.38. The zero-order chi connectivity index (χ0) is 28.8. The lowest BCUT2D eigenvalue weighted by atomic mass is 10.1. The number of hydrogen-bond acceptors (Lipinski definition) is 2. The Morgan fingerprint density at radius 2 is 0.841 bits per heavy atom. The summed E-state index contributed by atoms with van der Waals surface area (Å²) in [6.07, 6.45) is 0. The Kier molecular flexibility index (Phi) is 4.63. The third kappa shape index (κ3) is 3.08. The molecule has 10 rings (SSSR count). The van der Waals surface area contributed by atoms with Gasteiger partial charge in [-0.25, -0.2) is 14.5 Å². The molecule has 0 bridgehead atoms. The number of aromatic nitrogens is 6. The highest BCUT2D eigenvalue weighted by molar-refractivity contribution is 6.10. The smallest absolute Gasteiger partial charge is 0.223 e. The molecule has 0 spiro atoms. The fraction of sp³-hybridized carbons (Fsp3) is 0. The van der Waals surface area contributed by atoms with Gasteiger partial charge in [-0.2, -0.15) is 0 Å². The van der Waals surface area contributed by atoms with Gasteiger partial charge in [0.15, 0.2) is 0 Å². The molecule has 0 aliphatic carbocycles. The average molecular weight is 565 g/mol. The molecule has 0 saturated heterocycles. The van der Waals surface area contributed by atoms with Crippen LogP contribution in [-0.2, 0) is 0 Å². The molecule has 0 unspecified atom stereocenters. The van der Waals surface area contributed by atoms with Crippen LogP contribution in [0.1, 0.15) is 0 Å². The van der Waals surface area contributed by atoms with E-state index >= 15 is 0 Å². The second kappa shape index (κ2) is 8.69. The molecule has 0 saturated carbocycles. The molecule has 10 aromatic rings. The Balaban J connectivity index is 1.43. The Labute approximate surface area is 250 Å². The third-order valence-electron chi connectivity index (χ3n) is 8.78. The van der Waals surface area contributed by atoms with E-state index in [9.17, 15) is 0 Å². The van der Waals surface area contributed by atoms with Crippen LogP contribution in [0.15, 0.2) is 146 Å². The first kappa shape index (κ1) is 23.4. The first-order valence-corrected chi connectivity index (χ1v) is 14.8. The fourth-order valence-corrected chi connectivity index (χ4v) is 6.92. The largest absolute Gasteiger partial charge is 0.309 e. The molecule has 0 fully saturated rings. The van der Waals surface area contributed by atoms with Crippen LogP contribution >= 0.6 is 0 Å². The standard InChI is InChI=1S/C38H24N6/c1-2-12-25(13-3-1)41-31-17-7-4-14-27(31)28-24-26(22-23-32(28)41)42-37-39-29-15-5-8-18-33(29)43(37)35-20-10-11-21-36(35)44-34-19-9-6-16-30(34)40-38(42)44/h1-24H. The SMILES string of the molecule is c1ccc(-n2c3ccccc3c3cc(-n4c5nc6ccccc6n5c5ccccc5n5c6ccccc6nc45)ccc32)cc1. The van der Waals surface area contributed by atoms with Crippen LogP contribution in [0.4, 0.5) is 0 Å². The maximum Gasteiger partial charge on any atom is 0.223 e. The lowest BCUT2D eigenvalue weighted by Gasteiger charge is -2.09. The molecule has 0 radical (unpaired) electrons. The minimum absolute atomic E-state index is 0.804. The Bertz CT molecular complexity index is 2660. The predicted octanol–water partition coefficient (Wildman–Crippen LogP) is 8.89. The first-order chi connectivity index (χ1) is 21.8. The van der Waals surface area contributed by atoms with E-state index in [4.69, 9.17) is 9.97 Å². The second-order valence-corrected chi connectivity index (χ2v) is 11.2. The highest BCUT2D eigenvalue weighted by atomic mass is 15.3. The van der Waals surface area contributed by atoms with E-state index in [2.05, 4.69) is 151 Å². The van der Waals surface area contributed by atoms with Crippen LogP contribution in [0.3, 0.4) is 0 Å². The summed E-state index contributed by atoms with van der Waals surface area (Å²) in [6, 6.07) is 51.2. The van der Waals surface area contributed by atoms with Crippen LogP contribution < -0.4 is 0 Å². The van der Waals surface area contributed by atoms with Gasteiger partial charge in [-0.15, -0.1) is 0 Å². The molecule has 0 aliphatic heterocycles. The highest BCUT2D eigenvalue weighted by Gasteiger charge is 2.20. The quantitative estimate of drug-likeness (QED) is 0.210. The molecule has 44 heavy (non-hydrogen) atoms. The van der Waals surface area contributed by atoms with E-state index in [1.165, 1.54) is 16.3 Å². The minimum atomic E-state index is 0.804. The van der Waals surface area contributed by atoms with Crippen molar-refractivity contribution in [3.8, 4) is 11.4 Å². The van der Waals surface area contributed by atoms with Gasteiger partial charge in [0.2, 0.25) is 11.6 Å². The average Bonchev–Trinajstić information content (AvgIpc) is 3.73. The van der Waals surface area contributed by atoms with Crippen molar-refractivity contribution in [2.24, 2.45) is 0 Å². The molecule has 4 aromatic heterocycles. The zero-order valence-electron chi connectivity index (χ0n) is 23.5. The van der Waals surface area contributed by atoms with Crippen molar-refractivity contribution < 1.29 is 0 Å². The Hall–Kier alpha value is -6.14. The molecular weight excluding hydrogens is 540 g/mol. The van der Waals surface area contributed by atoms with E-state index in [0.29, 0.717) is 0 Å². The van der Waals surface area contributed by atoms with E-state index < -0.39 is 0 Å². The van der Waals surface area contributed by atoms with Crippen molar-refractivity contribution in [1.29, 1.82) is 0 Å². The highest BCUT2D eigenvalue weighted by Crippen LogP contribution is 2.35. The van der Waals surface area contributed by atoms with Crippen molar-refractivity contribution >= 4 is 66.5 Å². The molecule has 0 aliphatic rings. The minimum Gasteiger partial charge on any atom is -0.309 e. The van der Waals surface area contributed by atoms with Crippen LogP contribution in [0.2, 0.25) is 0 Å². The van der Waals surface area contributed by atoms with Gasteiger partial charge < -0.3 is 4.57 Å². The number of rotatable bonds is 2. The zero-order valence-corrected chi connectivity index (χ0v) is 23.5. The maximum atomic E-state index is 5.26. The number of imidazole rings is 2. The van der Waals surface area contributed by atoms with Crippen molar-refractivity contribution in [1.82, 2.24) is 27.9 Å². The number of nitrogens with zero attached hydrogens (tertiary/aromatic N) is 6. The number of hydrogen-bond donors (Lipinski definition) is 0. The van der Waals surface area contributed by atoms with E-state index in [0.717, 1.165) is 61.5 Å². The fourth-order valence-electron chi connectivity index (χ4n) is 6.92. The molecule has 0 atom stereocenters. The topological polar surface area (TPSA) is 44.5 Å². The molecule has 4 heterocycles. The summed E-state index contributed by atoms with van der Waals surface area (Å²) in [5.74, 6) is 1.61. The summed E-state index contributed by atoms with van der Waals surface area (Å²) >= 11 is 0.